The molecule has 1 aromatic heterocycles. The summed E-state index contributed by atoms with van der Waals surface area (Å²) in [5, 5.41) is 8.13. The van der Waals surface area contributed by atoms with E-state index in [2.05, 4.69) is 15.6 Å². The van der Waals surface area contributed by atoms with Crippen LogP contribution in [-0.2, 0) is 9.53 Å². The molecule has 1 heterocycles. The second-order valence-corrected chi connectivity index (χ2v) is 7.44. The smallest absolute Gasteiger partial charge is 0.273 e. The SMILES string of the molecule is CCC(C)NC(=O)CCN(CCOC)C(=O)c1csc(Nc2ccc(F)cc2)n1. The molecule has 2 rings (SSSR count). The van der Waals surface area contributed by atoms with Crippen molar-refractivity contribution in [1.82, 2.24) is 15.2 Å². The highest BCUT2D eigenvalue weighted by molar-refractivity contribution is 7.14. The number of hydrogen-bond acceptors (Lipinski definition) is 6. The molecule has 0 aliphatic heterocycles. The second kappa shape index (κ2) is 11.5. The summed E-state index contributed by atoms with van der Waals surface area (Å²) in [6, 6.07) is 5.99. The molecule has 1 atom stereocenters. The number of methoxy groups -OCH3 is 1. The lowest BCUT2D eigenvalue weighted by Gasteiger charge is -2.21. The van der Waals surface area contributed by atoms with Gasteiger partial charge in [0.25, 0.3) is 5.91 Å². The molecule has 0 radical (unpaired) electrons. The van der Waals surface area contributed by atoms with Gasteiger partial charge in [-0.15, -0.1) is 11.3 Å². The number of rotatable bonds is 11. The highest BCUT2D eigenvalue weighted by Gasteiger charge is 2.20. The summed E-state index contributed by atoms with van der Waals surface area (Å²) < 4.78 is 18.1. The van der Waals surface area contributed by atoms with Gasteiger partial charge in [0.1, 0.15) is 11.5 Å². The fraction of sp³-hybridized carbons (Fsp3) is 0.450. The summed E-state index contributed by atoms with van der Waals surface area (Å²) in [6.45, 7) is 4.95. The number of aromatic nitrogens is 1. The zero-order valence-electron chi connectivity index (χ0n) is 16.9. The Balaban J connectivity index is 1.99. The van der Waals surface area contributed by atoms with Crippen molar-refractivity contribution in [3.8, 4) is 0 Å². The zero-order valence-corrected chi connectivity index (χ0v) is 17.7. The summed E-state index contributed by atoms with van der Waals surface area (Å²) in [6.07, 6.45) is 1.06. The average molecular weight is 423 g/mol. The Morgan fingerprint density at radius 2 is 2.00 bits per heavy atom. The Kier molecular flexibility index (Phi) is 9.01. The molecular formula is C20H27FN4O3S. The van der Waals surface area contributed by atoms with Gasteiger partial charge in [0.15, 0.2) is 5.13 Å². The van der Waals surface area contributed by atoms with Crippen LogP contribution in [0.3, 0.4) is 0 Å². The molecule has 0 saturated heterocycles. The lowest BCUT2D eigenvalue weighted by Crippen LogP contribution is -2.39. The minimum Gasteiger partial charge on any atom is -0.383 e. The highest BCUT2D eigenvalue weighted by atomic mass is 32.1. The maximum Gasteiger partial charge on any atom is 0.273 e. The molecule has 1 unspecified atom stereocenters. The van der Waals surface area contributed by atoms with Gasteiger partial charge in [-0.05, 0) is 37.6 Å². The summed E-state index contributed by atoms with van der Waals surface area (Å²) >= 11 is 1.28. The van der Waals surface area contributed by atoms with Crippen molar-refractivity contribution in [3.63, 3.8) is 0 Å². The summed E-state index contributed by atoms with van der Waals surface area (Å²) in [4.78, 5) is 30.8. The predicted octanol–water partition coefficient (Wildman–Crippen LogP) is 3.42. The fourth-order valence-corrected chi connectivity index (χ4v) is 3.15. The van der Waals surface area contributed by atoms with Crippen LogP contribution in [0.1, 0.15) is 37.2 Å². The monoisotopic (exact) mass is 422 g/mol. The van der Waals surface area contributed by atoms with Gasteiger partial charge in [-0.2, -0.15) is 0 Å². The van der Waals surface area contributed by atoms with Crippen LogP contribution < -0.4 is 10.6 Å². The Labute approximate surface area is 174 Å². The maximum absolute atomic E-state index is 13.0. The molecule has 0 aliphatic carbocycles. The predicted molar refractivity (Wildman–Crippen MR) is 112 cm³/mol. The fourth-order valence-electron chi connectivity index (χ4n) is 2.45. The van der Waals surface area contributed by atoms with Gasteiger partial charge >= 0.3 is 0 Å². The number of thiazole rings is 1. The van der Waals surface area contributed by atoms with Gasteiger partial charge in [0.05, 0.1) is 6.61 Å². The molecule has 1 aromatic carbocycles. The molecule has 0 spiro atoms. The number of nitrogens with one attached hydrogen (secondary N) is 2. The van der Waals surface area contributed by atoms with Crippen molar-refractivity contribution < 1.29 is 18.7 Å². The lowest BCUT2D eigenvalue weighted by atomic mass is 10.2. The molecule has 0 fully saturated rings. The van der Waals surface area contributed by atoms with E-state index in [1.54, 1.807) is 29.5 Å². The molecule has 7 nitrogen and oxygen atoms in total. The van der Waals surface area contributed by atoms with Gasteiger partial charge in [-0.1, -0.05) is 6.92 Å². The molecule has 158 valence electrons. The average Bonchev–Trinajstić information content (AvgIpc) is 3.17. The number of hydrogen-bond donors (Lipinski definition) is 2. The van der Waals surface area contributed by atoms with Gasteiger partial charge in [0.2, 0.25) is 5.91 Å². The number of amides is 2. The first-order chi connectivity index (χ1) is 13.9. The van der Waals surface area contributed by atoms with E-state index < -0.39 is 0 Å². The number of ether oxygens (including phenoxy) is 1. The Morgan fingerprint density at radius 3 is 2.66 bits per heavy atom. The molecule has 2 N–H and O–H groups in total. The first-order valence-corrected chi connectivity index (χ1v) is 10.4. The van der Waals surface area contributed by atoms with E-state index in [9.17, 15) is 14.0 Å². The summed E-state index contributed by atoms with van der Waals surface area (Å²) in [5.41, 5.74) is 0.968. The second-order valence-electron chi connectivity index (χ2n) is 6.58. The van der Waals surface area contributed by atoms with Crippen LogP contribution in [0, 0.1) is 5.82 Å². The molecule has 0 bridgehead atoms. The van der Waals surface area contributed by atoms with E-state index in [1.165, 1.54) is 23.5 Å². The van der Waals surface area contributed by atoms with Gasteiger partial charge in [-0.3, -0.25) is 9.59 Å². The van der Waals surface area contributed by atoms with E-state index >= 15 is 0 Å². The Hall–Kier alpha value is -2.52. The van der Waals surface area contributed by atoms with Gasteiger partial charge in [0, 0.05) is 43.7 Å². The topological polar surface area (TPSA) is 83.6 Å². The van der Waals surface area contributed by atoms with E-state index in [4.69, 9.17) is 4.74 Å². The van der Waals surface area contributed by atoms with Gasteiger partial charge in [-0.25, -0.2) is 9.37 Å². The third-order valence-electron chi connectivity index (χ3n) is 4.30. The molecule has 2 amide bonds. The van der Waals surface area contributed by atoms with Crippen LogP contribution in [0.5, 0.6) is 0 Å². The molecule has 0 saturated carbocycles. The van der Waals surface area contributed by atoms with Crippen molar-refractivity contribution in [2.45, 2.75) is 32.7 Å². The number of anilines is 2. The van der Waals surface area contributed by atoms with Crippen LogP contribution in [0.4, 0.5) is 15.2 Å². The van der Waals surface area contributed by atoms with Crippen LogP contribution in [-0.4, -0.2) is 54.5 Å². The molecule has 29 heavy (non-hydrogen) atoms. The Morgan fingerprint density at radius 1 is 1.28 bits per heavy atom. The minimum atomic E-state index is -0.322. The van der Waals surface area contributed by atoms with Crippen molar-refractivity contribution in [1.29, 1.82) is 0 Å². The number of carbonyl (C=O) groups excluding carboxylic acids is 2. The van der Waals surface area contributed by atoms with E-state index in [1.807, 2.05) is 13.8 Å². The molecule has 0 aliphatic rings. The lowest BCUT2D eigenvalue weighted by molar-refractivity contribution is -0.121. The van der Waals surface area contributed by atoms with Crippen molar-refractivity contribution in [2.24, 2.45) is 0 Å². The standard InChI is InChI=1S/C20H27FN4O3S/c1-4-14(2)22-18(26)9-10-25(11-12-28-3)19(27)17-13-29-20(24-17)23-16-7-5-15(21)6-8-16/h5-8,13-14H,4,9-12H2,1-3H3,(H,22,26)(H,23,24). The summed E-state index contributed by atoms with van der Waals surface area (Å²) in [7, 11) is 1.56. The third kappa shape index (κ3) is 7.43. The molecule has 2 aromatic rings. The quantitative estimate of drug-likeness (QED) is 0.580. The Bertz CT molecular complexity index is 797. The van der Waals surface area contributed by atoms with Crippen LogP contribution >= 0.6 is 11.3 Å². The largest absolute Gasteiger partial charge is 0.383 e. The highest BCUT2D eigenvalue weighted by Crippen LogP contribution is 2.22. The van der Waals surface area contributed by atoms with Crippen LogP contribution in [0.25, 0.3) is 0 Å². The zero-order chi connectivity index (χ0) is 21.2. The number of carbonyl (C=O) groups is 2. The minimum absolute atomic E-state index is 0.0912. The molecule has 9 heteroatoms. The number of halogens is 1. The molecular weight excluding hydrogens is 395 g/mol. The first kappa shape index (κ1) is 22.8. The summed E-state index contributed by atoms with van der Waals surface area (Å²) in [5.74, 6) is -0.676. The van der Waals surface area contributed by atoms with Crippen molar-refractivity contribution in [3.05, 3.63) is 41.2 Å². The normalized spacial score (nSPS) is 11.7. The van der Waals surface area contributed by atoms with E-state index in [0.29, 0.717) is 24.0 Å². The van der Waals surface area contributed by atoms with Crippen LogP contribution in [0.2, 0.25) is 0 Å². The van der Waals surface area contributed by atoms with E-state index in [0.717, 1.165) is 6.42 Å². The first-order valence-electron chi connectivity index (χ1n) is 9.48. The maximum atomic E-state index is 13.0. The van der Waals surface area contributed by atoms with Crippen molar-refractivity contribution in [2.75, 3.05) is 32.1 Å². The van der Waals surface area contributed by atoms with Crippen LogP contribution in [0.15, 0.2) is 29.6 Å². The van der Waals surface area contributed by atoms with E-state index in [-0.39, 0.29) is 42.3 Å². The number of nitrogens with zero attached hydrogens (tertiary/aromatic N) is 2. The van der Waals surface area contributed by atoms with Crippen molar-refractivity contribution >= 4 is 34.0 Å². The third-order valence-corrected chi connectivity index (χ3v) is 5.06. The number of benzene rings is 1. The van der Waals surface area contributed by atoms with Gasteiger partial charge < -0.3 is 20.3 Å².